The number of ether oxygens (including phenoxy) is 2. The normalized spacial score (nSPS) is 16.7. The molecule has 5 rings (SSSR count). The van der Waals surface area contributed by atoms with E-state index in [1.54, 1.807) is 0 Å². The minimum atomic E-state index is 0.137. The first-order valence-electron chi connectivity index (χ1n) is 11.1. The molecule has 1 aliphatic carbocycles. The highest BCUT2D eigenvalue weighted by Gasteiger charge is 2.27. The Kier molecular flexibility index (Phi) is 6.47. The Bertz CT molecular complexity index is 1050. The molecule has 0 saturated heterocycles. The van der Waals surface area contributed by atoms with E-state index in [0.29, 0.717) is 0 Å². The van der Waals surface area contributed by atoms with E-state index >= 15 is 0 Å². The molecule has 0 radical (unpaired) electrons. The third-order valence-corrected chi connectivity index (χ3v) is 7.88. The highest BCUT2D eigenvalue weighted by Crippen LogP contribution is 2.41. The van der Waals surface area contributed by atoms with Crippen LogP contribution in [0.15, 0.2) is 65.6 Å². The summed E-state index contributed by atoms with van der Waals surface area (Å²) >= 11 is 3.80. The van der Waals surface area contributed by atoms with Crippen molar-refractivity contribution in [2.75, 3.05) is 24.4 Å². The topological polar surface area (TPSA) is 18.5 Å². The van der Waals surface area contributed by atoms with Crippen LogP contribution >= 0.6 is 23.5 Å². The van der Waals surface area contributed by atoms with Gasteiger partial charge >= 0.3 is 0 Å². The summed E-state index contributed by atoms with van der Waals surface area (Å²) in [5, 5.41) is 0. The average molecular weight is 449 g/mol. The Morgan fingerprint density at radius 1 is 1.00 bits per heavy atom. The molecule has 160 valence electrons. The quantitative estimate of drug-likeness (QED) is 0.339. The van der Waals surface area contributed by atoms with Crippen LogP contribution < -0.4 is 9.47 Å². The minimum absolute atomic E-state index is 0.137. The molecule has 4 heteroatoms. The van der Waals surface area contributed by atoms with Crippen LogP contribution in [0.5, 0.6) is 11.5 Å². The largest absolute Gasteiger partial charge is 0.494 e. The second kappa shape index (κ2) is 9.62. The minimum Gasteiger partial charge on any atom is -0.494 e. The Balaban J connectivity index is 1.31. The summed E-state index contributed by atoms with van der Waals surface area (Å²) in [5.41, 5.74) is 6.80. The third kappa shape index (κ3) is 4.61. The SMILES string of the molecule is CSCCCOc1ccc(-c2cccc3c2CCC3Oc2ccc3c(c2)SCC3)cc1. The first-order valence-corrected chi connectivity index (χ1v) is 13.5. The van der Waals surface area contributed by atoms with Crippen LogP contribution in [0.2, 0.25) is 0 Å². The van der Waals surface area contributed by atoms with Gasteiger partial charge in [-0.3, -0.25) is 0 Å². The molecular weight excluding hydrogens is 420 g/mol. The zero-order chi connectivity index (χ0) is 21.0. The van der Waals surface area contributed by atoms with Gasteiger partial charge in [0.1, 0.15) is 17.6 Å². The van der Waals surface area contributed by atoms with Crippen LogP contribution in [0.25, 0.3) is 11.1 Å². The summed E-state index contributed by atoms with van der Waals surface area (Å²) in [4.78, 5) is 1.39. The van der Waals surface area contributed by atoms with Gasteiger partial charge in [0, 0.05) is 10.6 Å². The van der Waals surface area contributed by atoms with Crippen molar-refractivity contribution in [2.24, 2.45) is 0 Å². The van der Waals surface area contributed by atoms with Crippen LogP contribution in [-0.2, 0) is 12.8 Å². The third-order valence-electron chi connectivity index (χ3n) is 6.09. The molecular formula is C27H28O2S2. The molecule has 1 aliphatic heterocycles. The van der Waals surface area contributed by atoms with Gasteiger partial charge in [0.25, 0.3) is 0 Å². The first kappa shape index (κ1) is 20.8. The highest BCUT2D eigenvalue weighted by molar-refractivity contribution is 7.99. The number of thioether (sulfide) groups is 2. The second-order valence-electron chi connectivity index (χ2n) is 8.11. The summed E-state index contributed by atoms with van der Waals surface area (Å²) in [6.07, 6.45) is 6.62. The van der Waals surface area contributed by atoms with Crippen molar-refractivity contribution in [1.82, 2.24) is 0 Å². The van der Waals surface area contributed by atoms with Gasteiger partial charge < -0.3 is 9.47 Å². The Labute approximate surface area is 193 Å². The summed E-state index contributed by atoms with van der Waals surface area (Å²) < 4.78 is 12.3. The fraction of sp³-hybridized carbons (Fsp3) is 0.333. The molecule has 1 heterocycles. The van der Waals surface area contributed by atoms with E-state index in [1.165, 1.54) is 44.9 Å². The van der Waals surface area contributed by atoms with Crippen molar-refractivity contribution in [1.29, 1.82) is 0 Å². The summed E-state index contributed by atoms with van der Waals surface area (Å²) in [7, 11) is 0. The van der Waals surface area contributed by atoms with E-state index in [9.17, 15) is 0 Å². The second-order valence-corrected chi connectivity index (χ2v) is 10.2. The van der Waals surface area contributed by atoms with Crippen LogP contribution in [0.3, 0.4) is 0 Å². The number of fused-ring (bicyclic) bond motifs is 2. The lowest BCUT2D eigenvalue weighted by Gasteiger charge is -2.16. The van der Waals surface area contributed by atoms with E-state index in [4.69, 9.17) is 9.47 Å². The van der Waals surface area contributed by atoms with Crippen LogP contribution in [0.4, 0.5) is 0 Å². The molecule has 1 unspecified atom stereocenters. The Hall–Kier alpha value is -2.04. The molecule has 0 spiro atoms. The molecule has 3 aromatic carbocycles. The predicted octanol–water partition coefficient (Wildman–Crippen LogP) is 7.20. The fourth-order valence-corrected chi connectivity index (χ4v) is 6.02. The van der Waals surface area contributed by atoms with Gasteiger partial charge in [0.05, 0.1) is 6.61 Å². The van der Waals surface area contributed by atoms with Crippen molar-refractivity contribution >= 4 is 23.5 Å². The lowest BCUT2D eigenvalue weighted by molar-refractivity contribution is 0.207. The van der Waals surface area contributed by atoms with Gasteiger partial charge in [-0.1, -0.05) is 36.4 Å². The smallest absolute Gasteiger partial charge is 0.124 e. The van der Waals surface area contributed by atoms with Crippen LogP contribution in [-0.4, -0.2) is 24.4 Å². The van der Waals surface area contributed by atoms with Gasteiger partial charge in [0.15, 0.2) is 0 Å². The van der Waals surface area contributed by atoms with E-state index in [2.05, 4.69) is 66.9 Å². The fourth-order valence-electron chi connectivity index (χ4n) is 4.52. The molecule has 2 nitrogen and oxygen atoms in total. The lowest BCUT2D eigenvalue weighted by Crippen LogP contribution is -2.03. The molecule has 0 N–H and O–H groups in total. The maximum Gasteiger partial charge on any atom is 0.124 e. The molecule has 0 fully saturated rings. The molecule has 0 saturated carbocycles. The van der Waals surface area contributed by atoms with Crippen molar-refractivity contribution in [2.45, 2.75) is 36.7 Å². The van der Waals surface area contributed by atoms with Crippen molar-refractivity contribution < 1.29 is 9.47 Å². The standard InChI is InChI=1S/C27H28O2S2/c1-30-16-3-15-28-21-9-6-19(7-10-21)23-4-2-5-25-24(23)12-13-26(25)29-22-11-8-20-14-17-31-27(20)18-22/h2,4-11,18,26H,3,12-17H2,1H3. The predicted molar refractivity (Wildman–Crippen MR) is 133 cm³/mol. The summed E-state index contributed by atoms with van der Waals surface area (Å²) in [6.45, 7) is 0.779. The zero-order valence-corrected chi connectivity index (χ0v) is 19.6. The van der Waals surface area contributed by atoms with Crippen molar-refractivity contribution in [3.8, 4) is 22.6 Å². The van der Waals surface area contributed by atoms with E-state index in [1.807, 2.05) is 23.5 Å². The summed E-state index contributed by atoms with van der Waals surface area (Å²) in [6, 6.07) is 21.8. The average Bonchev–Trinajstić information content (AvgIpc) is 3.44. The van der Waals surface area contributed by atoms with Crippen LogP contribution in [0.1, 0.15) is 35.6 Å². The molecule has 1 atom stereocenters. The molecule has 0 amide bonds. The van der Waals surface area contributed by atoms with Gasteiger partial charge in [0.2, 0.25) is 0 Å². The van der Waals surface area contributed by atoms with Crippen LogP contribution in [0, 0.1) is 0 Å². The zero-order valence-electron chi connectivity index (χ0n) is 17.9. The van der Waals surface area contributed by atoms with Gasteiger partial charge in [-0.15, -0.1) is 11.8 Å². The number of rotatable bonds is 8. The number of hydrogen-bond acceptors (Lipinski definition) is 4. The monoisotopic (exact) mass is 448 g/mol. The molecule has 2 aliphatic rings. The molecule has 0 aromatic heterocycles. The number of benzene rings is 3. The lowest BCUT2D eigenvalue weighted by atomic mass is 9.96. The number of hydrogen-bond donors (Lipinski definition) is 0. The Morgan fingerprint density at radius 3 is 2.74 bits per heavy atom. The summed E-state index contributed by atoms with van der Waals surface area (Å²) in [5.74, 6) is 4.28. The van der Waals surface area contributed by atoms with Gasteiger partial charge in [-0.2, -0.15) is 11.8 Å². The van der Waals surface area contributed by atoms with E-state index < -0.39 is 0 Å². The molecule has 0 bridgehead atoms. The van der Waals surface area contributed by atoms with E-state index in [-0.39, 0.29) is 6.10 Å². The molecule has 3 aromatic rings. The molecule has 31 heavy (non-hydrogen) atoms. The first-order chi connectivity index (χ1) is 15.3. The van der Waals surface area contributed by atoms with Gasteiger partial charge in [-0.05, 0) is 89.8 Å². The maximum atomic E-state index is 6.47. The Morgan fingerprint density at radius 2 is 1.87 bits per heavy atom. The van der Waals surface area contributed by atoms with Crippen molar-refractivity contribution in [3.05, 3.63) is 77.4 Å². The highest BCUT2D eigenvalue weighted by atomic mass is 32.2. The van der Waals surface area contributed by atoms with Gasteiger partial charge in [-0.25, -0.2) is 0 Å². The van der Waals surface area contributed by atoms with Crippen molar-refractivity contribution in [3.63, 3.8) is 0 Å². The number of aryl methyl sites for hydroxylation is 1. The van der Waals surface area contributed by atoms with E-state index in [0.717, 1.165) is 43.1 Å². The maximum absolute atomic E-state index is 6.47.